The van der Waals surface area contributed by atoms with Crippen molar-refractivity contribution in [1.82, 2.24) is 4.90 Å². The monoisotopic (exact) mass is 367 g/mol. The molecule has 6 nitrogen and oxygen atoms in total. The lowest BCUT2D eigenvalue weighted by molar-refractivity contribution is 0.0665. The first-order valence-electron chi connectivity index (χ1n) is 9.00. The Labute approximate surface area is 155 Å². The first-order valence-corrected chi connectivity index (χ1v) is 9.00. The number of aliphatic hydroxyl groups excluding tert-OH is 1. The number of phenols is 2. The van der Waals surface area contributed by atoms with Crippen LogP contribution in [0.25, 0.3) is 22.3 Å². The summed E-state index contributed by atoms with van der Waals surface area (Å²) in [5.74, 6) is -0.0651. The molecule has 0 saturated carbocycles. The number of benzene rings is 2. The molecular formula is C21H21NO5. The molecule has 3 N–H and O–H groups in total. The second kappa shape index (κ2) is 7.06. The standard InChI is InChI=1S/C21H21NO5/c23-14-7-4-8-22(11-14)12-15-16(24)9-17(25)20-18(26)10-19(27-21(15)20)13-5-2-1-3-6-13/h1-3,5-6,9-10,14,23-25H,4,7-8,11-12H2. The molecular weight excluding hydrogens is 346 g/mol. The summed E-state index contributed by atoms with van der Waals surface area (Å²) in [5, 5.41) is 30.6. The Kier molecular flexibility index (Phi) is 4.59. The fraction of sp³-hybridized carbons (Fsp3) is 0.286. The number of likely N-dealkylation sites (tertiary alicyclic amines) is 1. The lowest BCUT2D eigenvalue weighted by Gasteiger charge is -2.30. The van der Waals surface area contributed by atoms with Gasteiger partial charge in [0.25, 0.3) is 0 Å². The number of β-amino-alcohol motifs (C(OH)–C–C–N with tert-alkyl or cyclic N) is 1. The molecule has 1 atom stereocenters. The summed E-state index contributed by atoms with van der Waals surface area (Å²) in [6.07, 6.45) is 1.21. The summed E-state index contributed by atoms with van der Waals surface area (Å²) in [7, 11) is 0. The van der Waals surface area contributed by atoms with Crippen molar-refractivity contribution in [3.63, 3.8) is 0 Å². The van der Waals surface area contributed by atoms with E-state index in [2.05, 4.69) is 0 Å². The Morgan fingerprint density at radius 1 is 1.11 bits per heavy atom. The maximum atomic E-state index is 12.6. The molecule has 1 saturated heterocycles. The summed E-state index contributed by atoms with van der Waals surface area (Å²) in [4.78, 5) is 14.7. The molecule has 140 valence electrons. The van der Waals surface area contributed by atoms with Gasteiger partial charge in [0.2, 0.25) is 0 Å². The van der Waals surface area contributed by atoms with Crippen molar-refractivity contribution in [1.29, 1.82) is 0 Å². The normalized spacial score (nSPS) is 18.0. The van der Waals surface area contributed by atoms with Crippen molar-refractivity contribution in [3.8, 4) is 22.8 Å². The van der Waals surface area contributed by atoms with Crippen LogP contribution in [0.15, 0.2) is 51.7 Å². The molecule has 0 bridgehead atoms. The van der Waals surface area contributed by atoms with Gasteiger partial charge in [0, 0.05) is 30.8 Å². The van der Waals surface area contributed by atoms with E-state index in [1.54, 1.807) is 0 Å². The molecule has 0 radical (unpaired) electrons. The molecule has 2 heterocycles. The zero-order valence-corrected chi connectivity index (χ0v) is 14.8. The van der Waals surface area contributed by atoms with Crippen molar-refractivity contribution >= 4 is 11.0 Å². The fourth-order valence-electron chi connectivity index (χ4n) is 3.65. The molecule has 1 aliphatic rings. The summed E-state index contributed by atoms with van der Waals surface area (Å²) >= 11 is 0. The van der Waals surface area contributed by atoms with Gasteiger partial charge in [-0.3, -0.25) is 9.69 Å². The number of piperidine rings is 1. The zero-order chi connectivity index (χ0) is 19.0. The van der Waals surface area contributed by atoms with Gasteiger partial charge in [0.05, 0.1) is 11.7 Å². The van der Waals surface area contributed by atoms with Crippen LogP contribution < -0.4 is 5.43 Å². The average molecular weight is 367 g/mol. The van der Waals surface area contributed by atoms with Gasteiger partial charge in [-0.15, -0.1) is 0 Å². The Balaban J connectivity index is 1.87. The molecule has 0 aliphatic carbocycles. The van der Waals surface area contributed by atoms with E-state index in [9.17, 15) is 20.1 Å². The lowest BCUT2D eigenvalue weighted by Crippen LogP contribution is -2.37. The number of rotatable bonds is 3. The van der Waals surface area contributed by atoms with Gasteiger partial charge in [-0.2, -0.15) is 0 Å². The minimum absolute atomic E-state index is 0.0556. The lowest BCUT2D eigenvalue weighted by atomic mass is 10.0. The molecule has 0 amide bonds. The van der Waals surface area contributed by atoms with Crippen LogP contribution in [-0.2, 0) is 6.54 Å². The molecule has 27 heavy (non-hydrogen) atoms. The minimum atomic E-state index is -0.406. The highest BCUT2D eigenvalue weighted by atomic mass is 16.3. The van der Waals surface area contributed by atoms with E-state index in [4.69, 9.17) is 4.42 Å². The molecule has 0 spiro atoms. The highest BCUT2D eigenvalue weighted by molar-refractivity contribution is 5.89. The van der Waals surface area contributed by atoms with E-state index in [0.717, 1.165) is 24.9 Å². The highest BCUT2D eigenvalue weighted by Gasteiger charge is 2.23. The van der Waals surface area contributed by atoms with Crippen LogP contribution in [-0.4, -0.2) is 39.4 Å². The maximum absolute atomic E-state index is 12.6. The van der Waals surface area contributed by atoms with Crippen LogP contribution in [0.4, 0.5) is 0 Å². The number of nitrogens with zero attached hydrogens (tertiary/aromatic N) is 1. The SMILES string of the molecule is O=c1cc(-c2ccccc2)oc2c(CN3CCCC(O)C3)c(O)cc(O)c12. The predicted octanol–water partition coefficient (Wildman–Crippen LogP) is 2.83. The van der Waals surface area contributed by atoms with Crippen molar-refractivity contribution in [2.45, 2.75) is 25.5 Å². The molecule has 1 aliphatic heterocycles. The number of hydrogen-bond acceptors (Lipinski definition) is 6. The van der Waals surface area contributed by atoms with Crippen molar-refractivity contribution in [2.75, 3.05) is 13.1 Å². The maximum Gasteiger partial charge on any atom is 0.197 e. The third-order valence-electron chi connectivity index (χ3n) is 4.98. The van der Waals surface area contributed by atoms with Crippen LogP contribution in [0, 0.1) is 0 Å². The molecule has 4 rings (SSSR count). The van der Waals surface area contributed by atoms with E-state index >= 15 is 0 Å². The first-order chi connectivity index (χ1) is 13.0. The second-order valence-electron chi connectivity index (χ2n) is 6.97. The predicted molar refractivity (Wildman–Crippen MR) is 102 cm³/mol. The molecule has 6 heteroatoms. The summed E-state index contributed by atoms with van der Waals surface area (Å²) in [6.45, 7) is 1.59. The van der Waals surface area contributed by atoms with Gasteiger partial charge in [0.15, 0.2) is 11.0 Å². The number of fused-ring (bicyclic) bond motifs is 1. The van der Waals surface area contributed by atoms with Crippen LogP contribution in [0.1, 0.15) is 18.4 Å². The van der Waals surface area contributed by atoms with Crippen molar-refractivity contribution in [3.05, 3.63) is 58.3 Å². The van der Waals surface area contributed by atoms with Crippen LogP contribution >= 0.6 is 0 Å². The van der Waals surface area contributed by atoms with Crippen molar-refractivity contribution in [2.24, 2.45) is 0 Å². The van der Waals surface area contributed by atoms with Crippen LogP contribution in [0.2, 0.25) is 0 Å². The smallest absolute Gasteiger partial charge is 0.197 e. The number of phenolic OH excluding ortho intramolecular Hbond substituents is 2. The molecule has 1 unspecified atom stereocenters. The molecule has 3 aromatic rings. The number of aliphatic hydroxyl groups is 1. The fourth-order valence-corrected chi connectivity index (χ4v) is 3.65. The Morgan fingerprint density at radius 3 is 2.63 bits per heavy atom. The largest absolute Gasteiger partial charge is 0.507 e. The first kappa shape index (κ1) is 17.6. The second-order valence-corrected chi connectivity index (χ2v) is 6.97. The summed E-state index contributed by atoms with van der Waals surface area (Å²) in [5.41, 5.74) is 0.983. The van der Waals surface area contributed by atoms with Gasteiger partial charge < -0.3 is 19.7 Å². The van der Waals surface area contributed by atoms with Gasteiger partial charge in [-0.1, -0.05) is 30.3 Å². The summed E-state index contributed by atoms with van der Waals surface area (Å²) < 4.78 is 5.98. The molecule has 2 aromatic carbocycles. The van der Waals surface area contributed by atoms with Crippen molar-refractivity contribution < 1.29 is 19.7 Å². The van der Waals surface area contributed by atoms with E-state index in [1.807, 2.05) is 35.2 Å². The van der Waals surface area contributed by atoms with Gasteiger partial charge in [0.1, 0.15) is 22.6 Å². The van der Waals surface area contributed by atoms with E-state index < -0.39 is 6.10 Å². The molecule has 1 fully saturated rings. The minimum Gasteiger partial charge on any atom is -0.507 e. The van der Waals surface area contributed by atoms with Gasteiger partial charge in [-0.25, -0.2) is 0 Å². The molecule has 1 aromatic heterocycles. The quantitative estimate of drug-likeness (QED) is 0.659. The number of hydrogen-bond donors (Lipinski definition) is 3. The Morgan fingerprint density at radius 2 is 1.89 bits per heavy atom. The third kappa shape index (κ3) is 3.41. The van der Waals surface area contributed by atoms with Crippen LogP contribution in [0.3, 0.4) is 0 Å². The average Bonchev–Trinajstić information content (AvgIpc) is 2.65. The topological polar surface area (TPSA) is 94.1 Å². The van der Waals surface area contributed by atoms with Gasteiger partial charge in [-0.05, 0) is 19.4 Å². The van der Waals surface area contributed by atoms with Crippen LogP contribution in [0.5, 0.6) is 11.5 Å². The van der Waals surface area contributed by atoms with Gasteiger partial charge >= 0.3 is 0 Å². The van der Waals surface area contributed by atoms with E-state index in [1.165, 1.54) is 12.1 Å². The van der Waals surface area contributed by atoms with E-state index in [-0.39, 0.29) is 27.9 Å². The highest BCUT2D eigenvalue weighted by Crippen LogP contribution is 2.36. The number of aromatic hydroxyl groups is 2. The van der Waals surface area contributed by atoms with E-state index in [0.29, 0.717) is 24.4 Å². The third-order valence-corrected chi connectivity index (χ3v) is 4.98. The Bertz CT molecular complexity index is 1030. The Hall–Kier alpha value is -2.83. The zero-order valence-electron chi connectivity index (χ0n) is 14.8. The summed E-state index contributed by atoms with van der Waals surface area (Å²) in [6, 6.07) is 11.7.